The van der Waals surface area contributed by atoms with Crippen molar-refractivity contribution in [3.05, 3.63) is 18.3 Å². The number of fused-ring (bicyclic) bond motifs is 2. The van der Waals surface area contributed by atoms with Crippen molar-refractivity contribution in [2.24, 2.45) is 24.8 Å². The minimum Gasteiger partial charge on any atom is -0.339 e. The number of nitrogens with zero attached hydrogens (tertiary/aromatic N) is 4. The molecule has 2 fully saturated rings. The van der Waals surface area contributed by atoms with Crippen molar-refractivity contribution >= 4 is 0 Å². The zero-order valence-electron chi connectivity index (χ0n) is 11.1. The predicted molar refractivity (Wildman–Crippen MR) is 69.1 cm³/mol. The third kappa shape index (κ3) is 1.97. The minimum absolute atomic E-state index is 0.659. The van der Waals surface area contributed by atoms with Crippen LogP contribution in [0.1, 0.15) is 31.6 Å². The van der Waals surface area contributed by atoms with Crippen LogP contribution in [0.5, 0.6) is 0 Å². The number of aromatic nitrogens is 4. The van der Waals surface area contributed by atoms with Crippen LogP contribution in [0.25, 0.3) is 11.4 Å². The molecule has 2 bridgehead atoms. The SMILES string of the molecule is Cn1cc(-c2noc(CC3CC4CCC3C4)n2)cn1. The Morgan fingerprint density at radius 1 is 1.37 bits per heavy atom. The third-order valence-electron chi connectivity index (χ3n) is 4.75. The van der Waals surface area contributed by atoms with Gasteiger partial charge in [-0.15, -0.1) is 0 Å². The van der Waals surface area contributed by atoms with Crippen LogP contribution in [-0.4, -0.2) is 19.9 Å². The molecular weight excluding hydrogens is 240 g/mol. The largest absolute Gasteiger partial charge is 0.339 e. The third-order valence-corrected chi connectivity index (χ3v) is 4.75. The summed E-state index contributed by atoms with van der Waals surface area (Å²) in [5.74, 6) is 4.08. The lowest BCUT2D eigenvalue weighted by atomic mass is 9.86. The van der Waals surface area contributed by atoms with Crippen molar-refractivity contribution in [1.29, 1.82) is 0 Å². The smallest absolute Gasteiger partial charge is 0.227 e. The van der Waals surface area contributed by atoms with Gasteiger partial charge < -0.3 is 4.52 Å². The molecule has 2 aliphatic rings. The molecule has 0 radical (unpaired) electrons. The molecule has 3 unspecified atom stereocenters. The van der Waals surface area contributed by atoms with E-state index in [1.807, 2.05) is 13.2 Å². The van der Waals surface area contributed by atoms with Gasteiger partial charge in [0.1, 0.15) is 0 Å². The fourth-order valence-corrected chi connectivity index (χ4v) is 3.84. The van der Waals surface area contributed by atoms with Gasteiger partial charge in [-0.2, -0.15) is 10.1 Å². The molecule has 2 aromatic rings. The minimum atomic E-state index is 0.659. The topological polar surface area (TPSA) is 56.7 Å². The van der Waals surface area contributed by atoms with E-state index in [1.54, 1.807) is 10.9 Å². The van der Waals surface area contributed by atoms with E-state index in [9.17, 15) is 0 Å². The molecule has 2 aliphatic carbocycles. The van der Waals surface area contributed by atoms with E-state index in [-0.39, 0.29) is 0 Å². The second kappa shape index (κ2) is 4.18. The fourth-order valence-electron chi connectivity index (χ4n) is 3.84. The Balaban J connectivity index is 1.49. The lowest BCUT2D eigenvalue weighted by Crippen LogP contribution is -2.13. The fraction of sp³-hybridized carbons (Fsp3) is 0.643. The average Bonchev–Trinajstić information content (AvgIpc) is 3.11. The van der Waals surface area contributed by atoms with Crippen LogP contribution in [0.2, 0.25) is 0 Å². The number of hydrogen-bond acceptors (Lipinski definition) is 4. The summed E-state index contributed by atoms with van der Waals surface area (Å²) in [6.45, 7) is 0. The molecule has 5 heteroatoms. The molecule has 0 aliphatic heterocycles. The first-order chi connectivity index (χ1) is 9.28. The van der Waals surface area contributed by atoms with E-state index < -0.39 is 0 Å². The maximum Gasteiger partial charge on any atom is 0.227 e. The van der Waals surface area contributed by atoms with E-state index in [0.29, 0.717) is 5.82 Å². The first-order valence-corrected chi connectivity index (χ1v) is 7.09. The van der Waals surface area contributed by atoms with Gasteiger partial charge in [0.15, 0.2) is 0 Å². The molecular formula is C14H18N4O. The van der Waals surface area contributed by atoms with Crippen LogP contribution in [0.4, 0.5) is 0 Å². The van der Waals surface area contributed by atoms with Crippen molar-refractivity contribution < 1.29 is 4.52 Å². The monoisotopic (exact) mass is 258 g/mol. The second-order valence-corrected chi connectivity index (χ2v) is 6.05. The highest BCUT2D eigenvalue weighted by Gasteiger charge is 2.40. The Hall–Kier alpha value is -1.65. The maximum atomic E-state index is 5.40. The standard InChI is InChI=1S/C14H18N4O/c1-18-8-12(7-15-18)14-16-13(19-17-14)6-11-5-9-2-3-10(11)4-9/h7-11H,2-6H2,1H3. The van der Waals surface area contributed by atoms with Crippen LogP contribution in [0, 0.1) is 17.8 Å². The van der Waals surface area contributed by atoms with Crippen molar-refractivity contribution in [3.8, 4) is 11.4 Å². The summed E-state index contributed by atoms with van der Waals surface area (Å²) in [6.07, 6.45) is 10.3. The highest BCUT2D eigenvalue weighted by Crippen LogP contribution is 2.49. The van der Waals surface area contributed by atoms with E-state index in [1.165, 1.54) is 25.7 Å². The molecule has 2 heterocycles. The lowest BCUT2D eigenvalue weighted by molar-refractivity contribution is 0.288. The predicted octanol–water partition coefficient (Wildman–Crippen LogP) is 2.45. The first-order valence-electron chi connectivity index (χ1n) is 7.09. The molecule has 2 saturated carbocycles. The van der Waals surface area contributed by atoms with Gasteiger partial charge in [0.2, 0.25) is 11.7 Å². The van der Waals surface area contributed by atoms with Gasteiger partial charge in [0.25, 0.3) is 0 Å². The molecule has 0 amide bonds. The van der Waals surface area contributed by atoms with Crippen LogP contribution in [-0.2, 0) is 13.5 Å². The highest BCUT2D eigenvalue weighted by atomic mass is 16.5. The molecule has 0 saturated heterocycles. The zero-order chi connectivity index (χ0) is 12.8. The van der Waals surface area contributed by atoms with Gasteiger partial charge in [-0.1, -0.05) is 11.6 Å². The van der Waals surface area contributed by atoms with Gasteiger partial charge in [-0.3, -0.25) is 4.68 Å². The number of rotatable bonds is 3. The van der Waals surface area contributed by atoms with Gasteiger partial charge >= 0.3 is 0 Å². The molecule has 0 spiro atoms. The average molecular weight is 258 g/mol. The summed E-state index contributed by atoms with van der Waals surface area (Å²) in [4.78, 5) is 4.51. The van der Waals surface area contributed by atoms with Crippen LogP contribution < -0.4 is 0 Å². The molecule has 100 valence electrons. The maximum absolute atomic E-state index is 5.40. The van der Waals surface area contributed by atoms with Gasteiger partial charge in [-0.05, 0) is 37.0 Å². The summed E-state index contributed by atoms with van der Waals surface area (Å²) >= 11 is 0. The molecule has 2 aromatic heterocycles. The highest BCUT2D eigenvalue weighted by molar-refractivity contribution is 5.50. The van der Waals surface area contributed by atoms with Crippen LogP contribution >= 0.6 is 0 Å². The van der Waals surface area contributed by atoms with Gasteiger partial charge in [-0.25, -0.2) is 0 Å². The first kappa shape index (κ1) is 11.2. The van der Waals surface area contributed by atoms with Gasteiger partial charge in [0.05, 0.1) is 11.8 Å². The Morgan fingerprint density at radius 3 is 3.00 bits per heavy atom. The second-order valence-electron chi connectivity index (χ2n) is 6.05. The normalized spacial score (nSPS) is 29.2. The Labute approximate surface area is 112 Å². The van der Waals surface area contributed by atoms with Crippen molar-refractivity contribution in [3.63, 3.8) is 0 Å². The lowest BCUT2D eigenvalue weighted by Gasteiger charge is -2.19. The van der Waals surface area contributed by atoms with Crippen molar-refractivity contribution in [2.45, 2.75) is 32.1 Å². The van der Waals surface area contributed by atoms with E-state index in [4.69, 9.17) is 4.52 Å². The zero-order valence-corrected chi connectivity index (χ0v) is 11.1. The van der Waals surface area contributed by atoms with Crippen LogP contribution in [0.3, 0.4) is 0 Å². The van der Waals surface area contributed by atoms with Gasteiger partial charge in [0, 0.05) is 19.7 Å². The van der Waals surface area contributed by atoms with E-state index >= 15 is 0 Å². The van der Waals surface area contributed by atoms with E-state index in [0.717, 1.165) is 35.6 Å². The molecule has 0 N–H and O–H groups in total. The summed E-state index contributed by atoms with van der Waals surface area (Å²) in [7, 11) is 1.89. The number of aryl methyl sites for hydroxylation is 1. The molecule has 19 heavy (non-hydrogen) atoms. The summed E-state index contributed by atoms with van der Waals surface area (Å²) in [6, 6.07) is 0. The summed E-state index contributed by atoms with van der Waals surface area (Å²) in [5, 5.41) is 8.20. The molecule has 4 rings (SSSR count). The summed E-state index contributed by atoms with van der Waals surface area (Å²) < 4.78 is 7.15. The quantitative estimate of drug-likeness (QED) is 0.848. The Kier molecular flexibility index (Phi) is 2.47. The summed E-state index contributed by atoms with van der Waals surface area (Å²) in [5.41, 5.74) is 0.922. The van der Waals surface area contributed by atoms with Crippen molar-refractivity contribution in [1.82, 2.24) is 19.9 Å². The molecule has 0 aromatic carbocycles. The number of hydrogen-bond donors (Lipinski definition) is 0. The van der Waals surface area contributed by atoms with Crippen molar-refractivity contribution in [2.75, 3.05) is 0 Å². The van der Waals surface area contributed by atoms with E-state index in [2.05, 4.69) is 15.2 Å². The molecule has 5 nitrogen and oxygen atoms in total. The Morgan fingerprint density at radius 2 is 2.32 bits per heavy atom. The molecule has 3 atom stereocenters. The Bertz CT molecular complexity index is 588. The van der Waals surface area contributed by atoms with Crippen LogP contribution in [0.15, 0.2) is 16.9 Å².